The number of rotatable bonds is 7. The number of piperidine rings is 1. The van der Waals surface area contributed by atoms with Crippen molar-refractivity contribution >= 4 is 27.0 Å². The van der Waals surface area contributed by atoms with Gasteiger partial charge in [0.05, 0.1) is 17.3 Å². The van der Waals surface area contributed by atoms with E-state index in [0.717, 1.165) is 17.5 Å². The Balaban J connectivity index is 1.61. The maximum atomic E-state index is 12.7. The number of para-hydroxylation sites is 2. The molecule has 1 aliphatic rings. The van der Waals surface area contributed by atoms with Crippen LogP contribution in [0.4, 0.5) is 0 Å². The fourth-order valence-electron chi connectivity index (χ4n) is 3.77. The summed E-state index contributed by atoms with van der Waals surface area (Å²) < 4.78 is 28.0. The maximum absolute atomic E-state index is 12.7. The number of carbonyl (C=O) groups is 1. The number of sulfonamides is 1. The van der Waals surface area contributed by atoms with Crippen molar-refractivity contribution in [3.63, 3.8) is 0 Å². The van der Waals surface area contributed by atoms with Crippen LogP contribution in [0.15, 0.2) is 29.1 Å². The largest absolute Gasteiger partial charge is 0.353 e. The van der Waals surface area contributed by atoms with Gasteiger partial charge in [0.1, 0.15) is 0 Å². The van der Waals surface area contributed by atoms with Crippen molar-refractivity contribution in [3.05, 3.63) is 34.7 Å². The van der Waals surface area contributed by atoms with Crippen LogP contribution in [0.3, 0.4) is 0 Å². The van der Waals surface area contributed by atoms with Gasteiger partial charge in [-0.2, -0.15) is 0 Å². The second kappa shape index (κ2) is 8.48. The number of fused-ring (bicyclic) bond motifs is 1. The summed E-state index contributed by atoms with van der Waals surface area (Å²) >= 11 is 0. The zero-order valence-electron chi connectivity index (χ0n) is 16.4. The summed E-state index contributed by atoms with van der Waals surface area (Å²) in [6.07, 6.45) is 3.49. The predicted molar refractivity (Wildman–Crippen MR) is 109 cm³/mol. The van der Waals surface area contributed by atoms with Crippen LogP contribution >= 0.6 is 0 Å². The van der Waals surface area contributed by atoms with Crippen LogP contribution in [0.2, 0.25) is 0 Å². The molecule has 8 nitrogen and oxygen atoms in total. The Bertz CT molecular complexity index is 1000. The number of amides is 1. The van der Waals surface area contributed by atoms with Gasteiger partial charge in [-0.15, -0.1) is 0 Å². The van der Waals surface area contributed by atoms with Gasteiger partial charge in [-0.05, 0) is 31.4 Å². The van der Waals surface area contributed by atoms with Crippen molar-refractivity contribution in [1.29, 1.82) is 0 Å². The monoisotopic (exact) mass is 408 g/mol. The van der Waals surface area contributed by atoms with E-state index < -0.39 is 10.0 Å². The average Bonchev–Trinajstić information content (AvgIpc) is 2.92. The fraction of sp³-hybridized carbons (Fsp3) is 0.579. The third kappa shape index (κ3) is 4.47. The molecule has 1 aromatic carbocycles. The lowest BCUT2D eigenvalue weighted by Crippen LogP contribution is -2.46. The van der Waals surface area contributed by atoms with E-state index in [1.807, 2.05) is 31.2 Å². The highest BCUT2D eigenvalue weighted by atomic mass is 32.2. The number of aryl methyl sites for hydroxylation is 2. The van der Waals surface area contributed by atoms with Crippen LogP contribution in [-0.4, -0.2) is 53.2 Å². The standard InChI is InChI=1S/C19H28N4O4S/c1-3-11-22-16-6-4-5-7-17(16)23(19(22)25)14-10-18(24)20-15-8-12-21(13-9-15)28(2,26)27/h4-7,15H,3,8-14H2,1-2H3,(H,20,24). The Labute approximate surface area is 165 Å². The van der Waals surface area contributed by atoms with E-state index in [4.69, 9.17) is 0 Å². The molecule has 0 spiro atoms. The van der Waals surface area contributed by atoms with Crippen LogP contribution in [0.5, 0.6) is 0 Å². The van der Waals surface area contributed by atoms with E-state index >= 15 is 0 Å². The van der Waals surface area contributed by atoms with Crippen molar-refractivity contribution < 1.29 is 13.2 Å². The molecule has 3 rings (SSSR count). The Morgan fingerprint density at radius 1 is 1.11 bits per heavy atom. The summed E-state index contributed by atoms with van der Waals surface area (Å²) in [6, 6.07) is 7.61. The molecule has 1 aromatic heterocycles. The number of benzene rings is 1. The summed E-state index contributed by atoms with van der Waals surface area (Å²) in [5.74, 6) is -0.114. The van der Waals surface area contributed by atoms with Gasteiger partial charge in [-0.3, -0.25) is 13.9 Å². The molecule has 1 fully saturated rings. The van der Waals surface area contributed by atoms with E-state index in [0.29, 0.717) is 39.0 Å². The molecule has 2 heterocycles. The topological polar surface area (TPSA) is 93.4 Å². The Hall–Kier alpha value is -2.13. The maximum Gasteiger partial charge on any atom is 0.329 e. The summed E-state index contributed by atoms with van der Waals surface area (Å²) in [5.41, 5.74) is 1.65. The SMILES string of the molecule is CCCn1c(=O)n(CCC(=O)NC2CCN(S(C)(=O)=O)CC2)c2ccccc21. The first-order chi connectivity index (χ1) is 13.3. The van der Waals surface area contributed by atoms with Gasteiger partial charge in [0.15, 0.2) is 0 Å². The van der Waals surface area contributed by atoms with Gasteiger partial charge in [0.25, 0.3) is 0 Å². The van der Waals surface area contributed by atoms with Crippen molar-refractivity contribution in [3.8, 4) is 0 Å². The second-order valence-corrected chi connectivity index (χ2v) is 9.31. The first kappa shape index (κ1) is 20.6. The van der Waals surface area contributed by atoms with E-state index in [2.05, 4.69) is 5.32 Å². The van der Waals surface area contributed by atoms with Crippen LogP contribution in [0, 0.1) is 0 Å². The number of hydrogen-bond acceptors (Lipinski definition) is 4. The molecule has 0 aliphatic carbocycles. The minimum absolute atomic E-state index is 0.0244. The van der Waals surface area contributed by atoms with E-state index in [-0.39, 0.29) is 24.1 Å². The zero-order valence-corrected chi connectivity index (χ0v) is 17.2. The third-order valence-electron chi connectivity index (χ3n) is 5.22. The molecule has 0 radical (unpaired) electrons. The highest BCUT2D eigenvalue weighted by molar-refractivity contribution is 7.88. The number of nitrogens with zero attached hydrogens (tertiary/aromatic N) is 3. The molecule has 0 saturated carbocycles. The number of carbonyl (C=O) groups excluding carboxylic acids is 1. The highest BCUT2D eigenvalue weighted by Crippen LogP contribution is 2.15. The first-order valence-corrected chi connectivity index (χ1v) is 11.6. The first-order valence-electron chi connectivity index (χ1n) is 9.73. The summed E-state index contributed by atoms with van der Waals surface area (Å²) in [4.78, 5) is 25.1. The lowest BCUT2D eigenvalue weighted by molar-refractivity contribution is -0.122. The third-order valence-corrected chi connectivity index (χ3v) is 6.53. The van der Waals surface area contributed by atoms with E-state index in [1.165, 1.54) is 10.6 Å². The Morgan fingerprint density at radius 2 is 1.68 bits per heavy atom. The van der Waals surface area contributed by atoms with Gasteiger partial charge >= 0.3 is 5.69 Å². The minimum atomic E-state index is -3.17. The smallest absolute Gasteiger partial charge is 0.329 e. The van der Waals surface area contributed by atoms with Crippen molar-refractivity contribution in [2.24, 2.45) is 0 Å². The van der Waals surface area contributed by atoms with E-state index in [1.54, 1.807) is 9.13 Å². The molecule has 28 heavy (non-hydrogen) atoms. The predicted octanol–water partition coefficient (Wildman–Crippen LogP) is 1.14. The van der Waals surface area contributed by atoms with Gasteiger partial charge in [0.2, 0.25) is 15.9 Å². The molecule has 154 valence electrons. The number of aromatic nitrogens is 2. The molecular formula is C19H28N4O4S. The molecule has 1 N–H and O–H groups in total. The summed E-state index contributed by atoms with van der Waals surface area (Å²) in [7, 11) is -3.17. The normalized spacial score (nSPS) is 16.5. The van der Waals surface area contributed by atoms with Crippen LogP contribution in [0.1, 0.15) is 32.6 Å². The van der Waals surface area contributed by atoms with Crippen molar-refractivity contribution in [1.82, 2.24) is 18.8 Å². The molecule has 0 unspecified atom stereocenters. The van der Waals surface area contributed by atoms with Gasteiger partial charge in [-0.1, -0.05) is 19.1 Å². The summed E-state index contributed by atoms with van der Waals surface area (Å²) in [5, 5.41) is 2.98. The molecule has 0 bridgehead atoms. The van der Waals surface area contributed by atoms with E-state index in [9.17, 15) is 18.0 Å². The lowest BCUT2D eigenvalue weighted by atomic mass is 10.1. The average molecular weight is 409 g/mol. The minimum Gasteiger partial charge on any atom is -0.353 e. The van der Waals surface area contributed by atoms with Gasteiger partial charge < -0.3 is 5.32 Å². The molecule has 9 heteroatoms. The molecular weight excluding hydrogens is 380 g/mol. The zero-order chi connectivity index (χ0) is 20.3. The second-order valence-electron chi connectivity index (χ2n) is 7.33. The van der Waals surface area contributed by atoms with Gasteiger partial charge in [-0.25, -0.2) is 17.5 Å². The molecule has 1 aliphatic heterocycles. The number of nitrogens with one attached hydrogen (secondary N) is 1. The number of hydrogen-bond donors (Lipinski definition) is 1. The molecule has 2 aromatic rings. The molecule has 1 saturated heterocycles. The summed E-state index contributed by atoms with van der Waals surface area (Å²) in [6.45, 7) is 3.85. The molecule has 1 amide bonds. The van der Waals surface area contributed by atoms with Crippen LogP contribution in [0.25, 0.3) is 11.0 Å². The number of imidazole rings is 1. The Kier molecular flexibility index (Phi) is 6.24. The highest BCUT2D eigenvalue weighted by Gasteiger charge is 2.25. The quantitative estimate of drug-likeness (QED) is 0.744. The van der Waals surface area contributed by atoms with Crippen molar-refractivity contribution in [2.45, 2.75) is 51.7 Å². The Morgan fingerprint density at radius 3 is 2.21 bits per heavy atom. The molecule has 0 atom stereocenters. The van der Waals surface area contributed by atoms with Crippen LogP contribution in [-0.2, 0) is 27.9 Å². The lowest BCUT2D eigenvalue weighted by Gasteiger charge is -2.30. The van der Waals surface area contributed by atoms with Gasteiger partial charge in [0, 0.05) is 38.6 Å². The van der Waals surface area contributed by atoms with Crippen molar-refractivity contribution in [2.75, 3.05) is 19.3 Å². The van der Waals surface area contributed by atoms with Crippen LogP contribution < -0.4 is 11.0 Å². The fourth-order valence-corrected chi connectivity index (χ4v) is 4.65.